The molecule has 0 aromatic rings. The lowest BCUT2D eigenvalue weighted by Crippen LogP contribution is -2.43. The molecular formula is C19H24O4. The van der Waals surface area contributed by atoms with Gasteiger partial charge in [0.15, 0.2) is 0 Å². The fraction of sp³-hybridized carbons (Fsp3) is 0.684. The molecule has 0 radical (unpaired) electrons. The van der Waals surface area contributed by atoms with Gasteiger partial charge in [0, 0.05) is 12.3 Å². The molecule has 0 aromatic heterocycles. The number of esters is 1. The van der Waals surface area contributed by atoms with Crippen molar-refractivity contribution in [3.05, 3.63) is 23.3 Å². The summed E-state index contributed by atoms with van der Waals surface area (Å²) in [6.07, 6.45) is 11.2. The molecule has 6 atom stereocenters. The van der Waals surface area contributed by atoms with Crippen LogP contribution in [0.25, 0.3) is 0 Å². The van der Waals surface area contributed by atoms with Crippen LogP contribution in [-0.4, -0.2) is 31.6 Å². The van der Waals surface area contributed by atoms with Crippen LogP contribution in [0, 0.1) is 23.7 Å². The van der Waals surface area contributed by atoms with E-state index in [-0.39, 0.29) is 24.1 Å². The van der Waals surface area contributed by atoms with Crippen molar-refractivity contribution in [2.45, 2.75) is 50.7 Å². The number of methoxy groups -OCH3 is 1. The highest BCUT2D eigenvalue weighted by molar-refractivity contribution is 5.73. The maximum atomic E-state index is 12.1. The first-order valence-corrected chi connectivity index (χ1v) is 8.82. The zero-order valence-corrected chi connectivity index (χ0v) is 13.6. The molecular weight excluding hydrogens is 292 g/mol. The molecule has 0 spiro atoms. The van der Waals surface area contributed by atoms with E-state index in [0.29, 0.717) is 17.8 Å². The third-order valence-corrected chi connectivity index (χ3v) is 6.37. The molecule has 0 bridgehead atoms. The van der Waals surface area contributed by atoms with Crippen LogP contribution in [0.2, 0.25) is 0 Å². The first-order chi connectivity index (χ1) is 11.2. The van der Waals surface area contributed by atoms with Crippen LogP contribution in [0.1, 0.15) is 38.5 Å². The van der Waals surface area contributed by atoms with Crippen LogP contribution >= 0.6 is 0 Å². The second kappa shape index (κ2) is 5.90. The van der Waals surface area contributed by atoms with Crippen LogP contribution in [-0.2, 0) is 19.1 Å². The lowest BCUT2D eigenvalue weighted by molar-refractivity contribution is -0.150. The zero-order chi connectivity index (χ0) is 16.0. The summed E-state index contributed by atoms with van der Waals surface area (Å²) >= 11 is 0. The molecule has 0 aromatic carbocycles. The molecule has 2 saturated carbocycles. The van der Waals surface area contributed by atoms with Crippen LogP contribution in [0.4, 0.5) is 0 Å². The summed E-state index contributed by atoms with van der Waals surface area (Å²) in [4.78, 5) is 23.2. The quantitative estimate of drug-likeness (QED) is 0.581. The third-order valence-electron chi connectivity index (χ3n) is 6.37. The maximum absolute atomic E-state index is 12.1. The smallest absolute Gasteiger partial charge is 0.308 e. The number of ether oxygens (including phenoxy) is 2. The summed E-state index contributed by atoms with van der Waals surface area (Å²) in [6, 6.07) is 0. The molecule has 4 nitrogen and oxygen atoms in total. The monoisotopic (exact) mass is 316 g/mol. The number of carbonyl (C=O) groups excluding carboxylic acids is 2. The summed E-state index contributed by atoms with van der Waals surface area (Å²) < 4.78 is 11.0. The van der Waals surface area contributed by atoms with Crippen molar-refractivity contribution >= 4 is 12.3 Å². The Bertz CT molecular complexity index is 576. The minimum Gasteiger partial charge on any atom is -0.469 e. The standard InChI is InChI=1S/C19H24O4/c1-22-19(21)17-4-2-3-13-14-6-5-11-9-12(10-20)23-18(11)16(14)8-7-15(13)17/h5-6,10,12-13,15-18H,2-4,7-9H2,1H3. The Morgan fingerprint density at radius 1 is 1.22 bits per heavy atom. The van der Waals surface area contributed by atoms with Crippen molar-refractivity contribution in [1.29, 1.82) is 0 Å². The number of carbonyl (C=O) groups is 2. The first kappa shape index (κ1) is 15.1. The van der Waals surface area contributed by atoms with E-state index in [1.165, 1.54) is 18.3 Å². The van der Waals surface area contributed by atoms with Crippen molar-refractivity contribution in [3.8, 4) is 0 Å². The van der Waals surface area contributed by atoms with Crippen molar-refractivity contribution in [3.63, 3.8) is 0 Å². The number of fused-ring (bicyclic) bond motifs is 5. The second-order valence-electron chi connectivity index (χ2n) is 7.36. The summed E-state index contributed by atoms with van der Waals surface area (Å²) in [5.74, 6) is 1.31. The molecule has 3 fully saturated rings. The maximum Gasteiger partial charge on any atom is 0.308 e. The van der Waals surface area contributed by atoms with E-state index in [1.807, 2.05) is 0 Å². The van der Waals surface area contributed by atoms with Crippen molar-refractivity contribution in [1.82, 2.24) is 0 Å². The molecule has 0 amide bonds. The van der Waals surface area contributed by atoms with E-state index >= 15 is 0 Å². The molecule has 1 saturated heterocycles. The Kier molecular flexibility index (Phi) is 3.88. The molecule has 4 rings (SSSR count). The van der Waals surface area contributed by atoms with E-state index in [1.54, 1.807) is 0 Å². The van der Waals surface area contributed by atoms with E-state index < -0.39 is 0 Å². The Hall–Kier alpha value is -1.42. The largest absolute Gasteiger partial charge is 0.469 e. The number of hydrogen-bond donors (Lipinski definition) is 0. The molecule has 1 heterocycles. The van der Waals surface area contributed by atoms with Gasteiger partial charge in [0.05, 0.1) is 19.1 Å². The average molecular weight is 316 g/mol. The summed E-state index contributed by atoms with van der Waals surface area (Å²) in [5, 5.41) is 0. The predicted octanol–water partition coefficient (Wildman–Crippen LogP) is 2.82. The lowest BCUT2D eigenvalue weighted by atomic mass is 9.58. The van der Waals surface area contributed by atoms with Crippen LogP contribution < -0.4 is 0 Å². The van der Waals surface area contributed by atoms with Crippen molar-refractivity contribution in [2.75, 3.05) is 7.11 Å². The molecule has 23 heavy (non-hydrogen) atoms. The highest BCUT2D eigenvalue weighted by atomic mass is 16.5. The van der Waals surface area contributed by atoms with Crippen LogP contribution in [0.3, 0.4) is 0 Å². The van der Waals surface area contributed by atoms with Gasteiger partial charge < -0.3 is 14.3 Å². The van der Waals surface area contributed by atoms with Gasteiger partial charge in [0.2, 0.25) is 0 Å². The topological polar surface area (TPSA) is 52.6 Å². The average Bonchev–Trinajstić information content (AvgIpc) is 3.03. The fourth-order valence-electron chi connectivity index (χ4n) is 5.39. The van der Waals surface area contributed by atoms with Gasteiger partial charge in [-0.05, 0) is 43.1 Å². The molecule has 0 N–H and O–H groups in total. The second-order valence-corrected chi connectivity index (χ2v) is 7.36. The highest BCUT2D eigenvalue weighted by Gasteiger charge is 2.48. The molecule has 3 aliphatic carbocycles. The Morgan fingerprint density at radius 3 is 2.87 bits per heavy atom. The van der Waals surface area contributed by atoms with Crippen molar-refractivity contribution < 1.29 is 19.1 Å². The molecule has 4 heteroatoms. The van der Waals surface area contributed by atoms with Gasteiger partial charge in [-0.2, -0.15) is 0 Å². The van der Waals surface area contributed by atoms with E-state index in [4.69, 9.17) is 9.47 Å². The van der Waals surface area contributed by atoms with Gasteiger partial charge in [-0.25, -0.2) is 0 Å². The predicted molar refractivity (Wildman–Crippen MR) is 84.6 cm³/mol. The normalized spacial score (nSPS) is 41.8. The Balaban J connectivity index is 1.59. The minimum absolute atomic E-state index is 0.0380. The van der Waals surface area contributed by atoms with Crippen molar-refractivity contribution in [2.24, 2.45) is 23.7 Å². The summed E-state index contributed by atoms with van der Waals surface area (Å²) in [7, 11) is 1.50. The fourth-order valence-corrected chi connectivity index (χ4v) is 5.39. The number of hydrogen-bond acceptors (Lipinski definition) is 4. The van der Waals surface area contributed by atoms with Crippen LogP contribution in [0.5, 0.6) is 0 Å². The van der Waals surface area contributed by atoms with Gasteiger partial charge in [-0.3, -0.25) is 4.79 Å². The van der Waals surface area contributed by atoms with E-state index in [9.17, 15) is 9.59 Å². The number of aldehydes is 1. The number of rotatable bonds is 2. The van der Waals surface area contributed by atoms with E-state index in [2.05, 4.69) is 12.2 Å². The van der Waals surface area contributed by atoms with Gasteiger partial charge in [-0.15, -0.1) is 0 Å². The van der Waals surface area contributed by atoms with Gasteiger partial charge in [0.25, 0.3) is 0 Å². The SMILES string of the molecule is COC(=O)C1CCCC2C3=CC=C4CC(C=O)OC4C3CCC12. The van der Waals surface area contributed by atoms with Gasteiger partial charge in [-0.1, -0.05) is 24.1 Å². The zero-order valence-electron chi connectivity index (χ0n) is 13.6. The van der Waals surface area contributed by atoms with Crippen LogP contribution in [0.15, 0.2) is 23.3 Å². The summed E-state index contributed by atoms with van der Waals surface area (Å²) in [5.41, 5.74) is 2.73. The summed E-state index contributed by atoms with van der Waals surface area (Å²) in [6.45, 7) is 0. The Morgan fingerprint density at radius 2 is 2.09 bits per heavy atom. The molecule has 6 unspecified atom stereocenters. The molecule has 4 aliphatic rings. The number of allylic oxidation sites excluding steroid dienone is 2. The third kappa shape index (κ3) is 2.38. The Labute approximate surface area is 136 Å². The molecule has 1 aliphatic heterocycles. The van der Waals surface area contributed by atoms with E-state index in [0.717, 1.165) is 44.8 Å². The highest BCUT2D eigenvalue weighted by Crippen LogP contribution is 2.53. The lowest BCUT2D eigenvalue weighted by Gasteiger charge is -2.47. The minimum atomic E-state index is -0.272. The molecule has 124 valence electrons. The van der Waals surface area contributed by atoms with Gasteiger partial charge >= 0.3 is 5.97 Å². The first-order valence-electron chi connectivity index (χ1n) is 8.82. The van der Waals surface area contributed by atoms with Gasteiger partial charge in [0.1, 0.15) is 12.4 Å².